The van der Waals surface area contributed by atoms with E-state index < -0.39 is 64.2 Å². The highest BCUT2D eigenvalue weighted by molar-refractivity contribution is 8.00. The molecule has 0 bridgehead atoms. The van der Waals surface area contributed by atoms with Gasteiger partial charge in [0.15, 0.2) is 0 Å². The standard InChI is InChI=1S/C44H56F5N5O11S/c1-51-32(13-15-44(60,43(58)59)66-28-30-5-3-2-4-6-30)11-12-33(55)26-53-35(56)25-29-7-9-31(10-8-29)34(54-50)27-52-16-18-62-20-22-64-24-23-63-21-19-61-17-14-36(57)65-42-40(48)38(46)37(45)39(47)41(42)49/h2-10,27,32-33,51,55,60H,11-26,28,50H2,1H3,(H,53,56)(H,58,59)/b52-27?,54-34+/t32?,33?,44-/m0/s1. The Hall–Kier alpha value is -5.07. The van der Waals surface area contributed by atoms with E-state index in [2.05, 4.69) is 25.5 Å². The first-order chi connectivity index (χ1) is 31.7. The topological polar surface area (TPSA) is 233 Å². The summed E-state index contributed by atoms with van der Waals surface area (Å²) in [5.74, 6) is -9.93. The Bertz CT molecular complexity index is 2000. The zero-order valence-corrected chi connectivity index (χ0v) is 37.1. The quantitative estimate of drug-likeness (QED) is 0.00484. The van der Waals surface area contributed by atoms with E-state index in [0.29, 0.717) is 56.0 Å². The maximum Gasteiger partial charge on any atom is 0.346 e. The number of carboxylic acid groups (broad SMARTS) is 1. The SMILES string of the molecule is CNC(CCC(O)CNC(=O)Cc1ccc(/C(C=NCCOCCOCCOCCOCCC(=O)Oc2c(F)c(F)c(F)c(F)c2F)=N/N)cc1)CC[C@](O)(SCc1ccccc1)C(=O)O. The third-order valence-electron chi connectivity index (χ3n) is 9.56. The molecule has 0 spiro atoms. The molecule has 3 rings (SSSR count). The number of aliphatic hydroxyl groups excluding tert-OH is 1. The molecule has 3 aromatic rings. The highest BCUT2D eigenvalue weighted by Crippen LogP contribution is 2.32. The lowest BCUT2D eigenvalue weighted by molar-refractivity contribution is -0.150. The first kappa shape index (κ1) is 55.3. The smallest absolute Gasteiger partial charge is 0.346 e. The lowest BCUT2D eigenvalue weighted by atomic mass is 10.0. The van der Waals surface area contributed by atoms with Crippen LogP contribution >= 0.6 is 11.8 Å². The van der Waals surface area contributed by atoms with E-state index in [1.165, 1.54) is 6.21 Å². The van der Waals surface area contributed by atoms with Gasteiger partial charge in [0.2, 0.25) is 45.7 Å². The van der Waals surface area contributed by atoms with Gasteiger partial charge in [-0.3, -0.25) is 14.6 Å². The number of thioether (sulfide) groups is 1. The fourth-order valence-electron chi connectivity index (χ4n) is 5.80. The normalized spacial score (nSPS) is 13.7. The minimum Gasteiger partial charge on any atom is -0.478 e. The molecule has 1 amide bonds. The van der Waals surface area contributed by atoms with Crippen molar-refractivity contribution in [2.24, 2.45) is 15.9 Å². The minimum atomic E-state index is -2.37. The number of aliphatic hydroxyl groups is 2. The number of nitrogens with two attached hydrogens (primary N) is 1. The molecule has 7 N–H and O–H groups in total. The van der Waals surface area contributed by atoms with E-state index in [1.54, 1.807) is 31.3 Å². The average molecular weight is 958 g/mol. The van der Waals surface area contributed by atoms with Crippen LogP contribution in [0.5, 0.6) is 5.75 Å². The van der Waals surface area contributed by atoms with Gasteiger partial charge in [0.1, 0.15) is 5.71 Å². The van der Waals surface area contributed by atoms with Crippen LogP contribution in [0.25, 0.3) is 0 Å². The first-order valence-corrected chi connectivity index (χ1v) is 21.8. The van der Waals surface area contributed by atoms with E-state index in [0.717, 1.165) is 22.9 Å². The number of amides is 1. The van der Waals surface area contributed by atoms with Crippen molar-refractivity contribution < 1.29 is 75.3 Å². The molecule has 0 aliphatic carbocycles. The number of hydrogen-bond acceptors (Lipinski definition) is 15. The van der Waals surface area contributed by atoms with Crippen molar-refractivity contribution >= 4 is 41.5 Å². The monoisotopic (exact) mass is 957 g/mol. The van der Waals surface area contributed by atoms with E-state index in [9.17, 15) is 51.7 Å². The number of carbonyl (C=O) groups is 3. The molecule has 0 fully saturated rings. The van der Waals surface area contributed by atoms with Gasteiger partial charge in [-0.1, -0.05) is 54.6 Å². The molecule has 2 unspecified atom stereocenters. The van der Waals surface area contributed by atoms with E-state index >= 15 is 0 Å². The third kappa shape index (κ3) is 19.8. The fourth-order valence-corrected chi connectivity index (χ4v) is 6.78. The zero-order valence-electron chi connectivity index (χ0n) is 36.3. The van der Waals surface area contributed by atoms with Gasteiger partial charge in [0.25, 0.3) is 0 Å². The number of carbonyl (C=O) groups excluding carboxylic acids is 2. The summed E-state index contributed by atoms with van der Waals surface area (Å²) in [6, 6.07) is 16.2. The van der Waals surface area contributed by atoms with Crippen LogP contribution in [0.4, 0.5) is 22.0 Å². The van der Waals surface area contributed by atoms with Gasteiger partial charge in [0, 0.05) is 30.1 Å². The Labute approximate surface area is 383 Å². The Morgan fingerprint density at radius 3 is 1.94 bits per heavy atom. The zero-order chi connectivity index (χ0) is 48.3. The molecule has 0 radical (unpaired) electrons. The number of aliphatic carboxylic acids is 1. The summed E-state index contributed by atoms with van der Waals surface area (Å²) in [4.78, 5) is 38.6. The van der Waals surface area contributed by atoms with Crippen LogP contribution in [-0.2, 0) is 45.5 Å². The molecular formula is C44H56F5N5O11S. The number of benzene rings is 3. The lowest BCUT2D eigenvalue weighted by Crippen LogP contribution is -2.38. The second kappa shape index (κ2) is 30.3. The lowest BCUT2D eigenvalue weighted by Gasteiger charge is -2.26. The summed E-state index contributed by atoms with van der Waals surface area (Å²) in [6.45, 7) is 1.61. The van der Waals surface area contributed by atoms with Crippen molar-refractivity contribution in [2.45, 2.75) is 61.4 Å². The second-order valence-electron chi connectivity index (χ2n) is 14.4. The van der Waals surface area contributed by atoms with Crippen LogP contribution < -0.4 is 21.2 Å². The number of hydrazone groups is 1. The predicted molar refractivity (Wildman–Crippen MR) is 235 cm³/mol. The van der Waals surface area contributed by atoms with Gasteiger partial charge in [-0.05, 0) is 43.9 Å². The molecule has 0 aromatic heterocycles. The number of halogens is 5. The minimum absolute atomic E-state index is 0.0119. The van der Waals surface area contributed by atoms with Gasteiger partial charge < -0.3 is 55.5 Å². The van der Waals surface area contributed by atoms with Crippen molar-refractivity contribution in [2.75, 3.05) is 73.0 Å². The van der Waals surface area contributed by atoms with E-state index in [-0.39, 0.29) is 71.0 Å². The number of rotatable bonds is 33. The van der Waals surface area contributed by atoms with Crippen LogP contribution in [0.1, 0.15) is 48.8 Å². The molecule has 0 saturated heterocycles. The maximum atomic E-state index is 13.6. The molecule has 3 atom stereocenters. The molecule has 3 aromatic carbocycles. The van der Waals surface area contributed by atoms with Crippen molar-refractivity contribution in [3.8, 4) is 5.75 Å². The first-order valence-electron chi connectivity index (χ1n) is 20.8. The van der Waals surface area contributed by atoms with Crippen LogP contribution in [0, 0.1) is 29.1 Å². The average Bonchev–Trinajstić information content (AvgIpc) is 3.32. The summed E-state index contributed by atoms with van der Waals surface area (Å²) >= 11 is 0.964. The summed E-state index contributed by atoms with van der Waals surface area (Å²) in [5.41, 5.74) is 2.72. The van der Waals surface area contributed by atoms with Gasteiger partial charge in [0.05, 0.1) is 78.3 Å². The summed E-state index contributed by atoms with van der Waals surface area (Å²) in [5, 5.41) is 40.7. The summed E-state index contributed by atoms with van der Waals surface area (Å²) < 4.78 is 92.4. The molecule has 0 heterocycles. The van der Waals surface area contributed by atoms with Crippen LogP contribution in [0.2, 0.25) is 0 Å². The number of nitrogens with zero attached hydrogens (tertiary/aromatic N) is 2. The molecule has 364 valence electrons. The third-order valence-corrected chi connectivity index (χ3v) is 10.9. The summed E-state index contributed by atoms with van der Waals surface area (Å²) in [6.07, 6.45) is 1.46. The molecule has 16 nitrogen and oxygen atoms in total. The van der Waals surface area contributed by atoms with Crippen LogP contribution in [0.3, 0.4) is 0 Å². The van der Waals surface area contributed by atoms with Crippen LogP contribution in [0.15, 0.2) is 64.7 Å². The number of aliphatic imine (C=N–C) groups is 1. The van der Waals surface area contributed by atoms with Gasteiger partial charge >= 0.3 is 11.9 Å². The Morgan fingerprint density at radius 2 is 1.36 bits per heavy atom. The Balaban J connectivity index is 1.20. The molecular weight excluding hydrogens is 902 g/mol. The second-order valence-corrected chi connectivity index (χ2v) is 15.7. The highest BCUT2D eigenvalue weighted by atomic mass is 32.2. The molecule has 66 heavy (non-hydrogen) atoms. The van der Waals surface area contributed by atoms with Crippen molar-refractivity contribution in [1.82, 2.24) is 10.6 Å². The van der Waals surface area contributed by atoms with Crippen molar-refractivity contribution in [1.29, 1.82) is 0 Å². The number of nitrogens with one attached hydrogen (secondary N) is 2. The number of esters is 1. The molecule has 0 aliphatic rings. The number of ether oxygens (including phenoxy) is 5. The van der Waals surface area contributed by atoms with E-state index in [1.807, 2.05) is 30.3 Å². The fraction of sp³-hybridized carbons (Fsp3) is 0.477. The molecule has 0 aliphatic heterocycles. The summed E-state index contributed by atoms with van der Waals surface area (Å²) in [7, 11) is 1.73. The molecule has 0 saturated carbocycles. The number of hydrogen-bond donors (Lipinski definition) is 6. The van der Waals surface area contributed by atoms with Gasteiger partial charge in [-0.15, -0.1) is 11.8 Å². The predicted octanol–water partition coefficient (Wildman–Crippen LogP) is 4.05. The largest absolute Gasteiger partial charge is 0.478 e. The Kier molecular flexibility index (Phi) is 25.3. The van der Waals surface area contributed by atoms with Crippen molar-refractivity contribution in [3.63, 3.8) is 0 Å². The van der Waals surface area contributed by atoms with Crippen LogP contribution in [-0.4, -0.2) is 135 Å². The maximum absolute atomic E-state index is 13.6. The highest BCUT2D eigenvalue weighted by Gasteiger charge is 2.37. The molecule has 22 heteroatoms. The number of carboxylic acids is 1. The van der Waals surface area contributed by atoms with Gasteiger partial charge in [-0.25, -0.2) is 18.0 Å². The van der Waals surface area contributed by atoms with Gasteiger partial charge in [-0.2, -0.15) is 13.9 Å². The van der Waals surface area contributed by atoms with Crippen molar-refractivity contribution in [3.05, 3.63) is 100 Å². The van der Waals surface area contributed by atoms with E-state index in [4.69, 9.17) is 24.8 Å². The Morgan fingerprint density at radius 1 is 0.788 bits per heavy atom.